The van der Waals surface area contributed by atoms with Crippen LogP contribution in [0.4, 0.5) is 0 Å². The summed E-state index contributed by atoms with van der Waals surface area (Å²) in [6.45, 7) is 0. The number of hydrogen-bond donors (Lipinski definition) is 0. The van der Waals surface area contributed by atoms with E-state index in [1.54, 1.807) is 0 Å². The smallest absolute Gasteiger partial charge is 0.00199 e. The molecule has 0 amide bonds. The summed E-state index contributed by atoms with van der Waals surface area (Å²) < 4.78 is 0. The van der Waals surface area contributed by atoms with Crippen LogP contribution in [-0.4, -0.2) is 0 Å². The first-order valence-corrected chi connectivity index (χ1v) is 22.9. The minimum Gasteiger partial charge on any atom is -0.0622 e. The van der Waals surface area contributed by atoms with Gasteiger partial charge in [-0.25, -0.2) is 0 Å². The van der Waals surface area contributed by atoms with Crippen molar-refractivity contribution < 1.29 is 0 Å². The van der Waals surface area contributed by atoms with Crippen LogP contribution in [0.5, 0.6) is 0 Å². The maximum absolute atomic E-state index is 2.46. The summed E-state index contributed by atoms with van der Waals surface area (Å²) in [6.07, 6.45) is 0. The molecule has 306 valence electrons. The molecule has 0 bridgehead atoms. The molecule has 0 N–H and O–H groups in total. The first-order chi connectivity index (χ1) is 32.7. The molecule has 0 saturated heterocycles. The Labute approximate surface area is 384 Å². The van der Waals surface area contributed by atoms with Crippen molar-refractivity contribution >= 4 is 64.6 Å². The molecule has 0 atom stereocenters. The average molecular weight is 835 g/mol. The predicted octanol–water partition coefficient (Wildman–Crippen LogP) is 18.6. The van der Waals surface area contributed by atoms with Gasteiger partial charge in [-0.05, 0) is 162 Å². The molecule has 0 aliphatic rings. The summed E-state index contributed by atoms with van der Waals surface area (Å²) in [6, 6.07) is 94.3. The van der Waals surface area contributed by atoms with E-state index in [1.165, 1.54) is 131 Å². The lowest BCUT2D eigenvalue weighted by Gasteiger charge is -2.21. The van der Waals surface area contributed by atoms with Crippen LogP contribution in [0.15, 0.2) is 255 Å². The molecule has 13 rings (SSSR count). The van der Waals surface area contributed by atoms with Crippen LogP contribution < -0.4 is 0 Å². The molecule has 0 aromatic heterocycles. The lowest BCUT2D eigenvalue weighted by molar-refractivity contribution is 1.57. The Morgan fingerprint density at radius 2 is 0.515 bits per heavy atom. The van der Waals surface area contributed by atoms with Gasteiger partial charge in [0.2, 0.25) is 0 Å². The fourth-order valence-corrected chi connectivity index (χ4v) is 10.8. The summed E-state index contributed by atoms with van der Waals surface area (Å²) in [5.74, 6) is 0. The van der Waals surface area contributed by atoms with Gasteiger partial charge in [0.05, 0.1) is 0 Å². The lowest BCUT2D eigenvalue weighted by Crippen LogP contribution is -1.94. The third-order valence-corrected chi connectivity index (χ3v) is 13.8. The Bertz CT molecular complexity index is 3980. The first-order valence-electron chi connectivity index (χ1n) is 22.9. The molecule has 0 saturated carbocycles. The van der Waals surface area contributed by atoms with Crippen LogP contribution in [0.1, 0.15) is 0 Å². The molecule has 0 aliphatic heterocycles. The van der Waals surface area contributed by atoms with Gasteiger partial charge in [-0.1, -0.05) is 224 Å². The Hall–Kier alpha value is -8.58. The molecule has 0 spiro atoms. The quantitative estimate of drug-likeness (QED) is 0.116. The largest absolute Gasteiger partial charge is 0.0622 e. The van der Waals surface area contributed by atoms with Gasteiger partial charge in [0.25, 0.3) is 0 Å². The van der Waals surface area contributed by atoms with Crippen LogP contribution in [0.2, 0.25) is 0 Å². The van der Waals surface area contributed by atoms with Gasteiger partial charge in [0.15, 0.2) is 0 Å². The molecule has 0 fully saturated rings. The topological polar surface area (TPSA) is 0 Å². The van der Waals surface area contributed by atoms with E-state index in [-0.39, 0.29) is 0 Å². The Morgan fingerprint density at radius 3 is 1.05 bits per heavy atom. The molecule has 13 aromatic carbocycles. The van der Waals surface area contributed by atoms with Crippen molar-refractivity contribution in [1.82, 2.24) is 0 Å². The summed E-state index contributed by atoms with van der Waals surface area (Å²) in [7, 11) is 0. The molecular formula is C66H42. The van der Waals surface area contributed by atoms with Gasteiger partial charge in [0.1, 0.15) is 0 Å². The van der Waals surface area contributed by atoms with Crippen molar-refractivity contribution in [3.05, 3.63) is 255 Å². The summed E-state index contributed by atoms with van der Waals surface area (Å²) in [4.78, 5) is 0. The predicted molar refractivity (Wildman–Crippen MR) is 284 cm³/mol. The summed E-state index contributed by atoms with van der Waals surface area (Å²) in [5, 5.41) is 15.1. The Morgan fingerprint density at radius 1 is 0.152 bits per heavy atom. The van der Waals surface area contributed by atoms with Gasteiger partial charge < -0.3 is 0 Å². The maximum atomic E-state index is 2.46. The molecule has 0 aliphatic carbocycles. The van der Waals surface area contributed by atoms with Gasteiger partial charge in [0, 0.05) is 0 Å². The number of benzene rings is 13. The zero-order valence-corrected chi connectivity index (χ0v) is 36.2. The number of hydrogen-bond acceptors (Lipinski definition) is 0. The van der Waals surface area contributed by atoms with Crippen molar-refractivity contribution in [3.8, 4) is 66.8 Å². The highest BCUT2D eigenvalue weighted by Gasteiger charge is 2.21. The first kappa shape index (κ1) is 37.9. The van der Waals surface area contributed by atoms with Crippen molar-refractivity contribution in [2.75, 3.05) is 0 Å². The standard InChI is InChI=1S/C66H42/c1-2-18-43(19-3-1)65-58-32-12-14-34-60(58)66(61-35-15-13-33-59(61)65)64-40-45(44-22-16-24-47(38-44)62-41-49-20-4-6-26-51(49)54-28-8-10-30-56(54)62)36-37-53(64)46-23-17-25-48(39-46)63-42-50-21-5-7-27-52(50)55-29-9-11-31-57(55)63/h1-42H. The van der Waals surface area contributed by atoms with Crippen LogP contribution >= 0.6 is 0 Å². The van der Waals surface area contributed by atoms with E-state index in [2.05, 4.69) is 255 Å². The zero-order valence-electron chi connectivity index (χ0n) is 36.2. The van der Waals surface area contributed by atoms with E-state index in [1.807, 2.05) is 0 Å². The van der Waals surface area contributed by atoms with Crippen molar-refractivity contribution in [1.29, 1.82) is 0 Å². The second-order valence-electron chi connectivity index (χ2n) is 17.5. The van der Waals surface area contributed by atoms with E-state index < -0.39 is 0 Å². The Balaban J connectivity index is 1.06. The minimum absolute atomic E-state index is 1.18. The summed E-state index contributed by atoms with van der Waals surface area (Å²) >= 11 is 0. The zero-order chi connectivity index (χ0) is 43.6. The van der Waals surface area contributed by atoms with Gasteiger partial charge in [-0.3, -0.25) is 0 Å². The molecular weight excluding hydrogens is 793 g/mol. The maximum Gasteiger partial charge on any atom is -0.00199 e. The van der Waals surface area contributed by atoms with E-state index in [9.17, 15) is 0 Å². The molecule has 0 heteroatoms. The fourth-order valence-electron chi connectivity index (χ4n) is 10.8. The molecule has 13 aromatic rings. The highest BCUT2D eigenvalue weighted by Crippen LogP contribution is 2.48. The third kappa shape index (κ3) is 6.22. The second-order valence-corrected chi connectivity index (χ2v) is 17.5. The fraction of sp³-hybridized carbons (Fsp3) is 0. The van der Waals surface area contributed by atoms with Crippen LogP contribution in [0.25, 0.3) is 131 Å². The van der Waals surface area contributed by atoms with E-state index in [0.29, 0.717) is 0 Å². The van der Waals surface area contributed by atoms with Gasteiger partial charge in [-0.2, -0.15) is 0 Å². The number of rotatable bonds is 6. The second kappa shape index (κ2) is 15.6. The normalized spacial score (nSPS) is 11.6. The SMILES string of the molecule is c1ccc(-c2c3ccccc3c(-c3cc(-c4cccc(-c5cc6ccccc6c6ccccc56)c4)ccc3-c3cccc(-c4cc5ccccc5c5ccccc45)c3)c3ccccc23)cc1. The molecule has 66 heavy (non-hydrogen) atoms. The van der Waals surface area contributed by atoms with Gasteiger partial charge in [-0.15, -0.1) is 0 Å². The number of fused-ring (bicyclic) bond motifs is 8. The molecule has 0 radical (unpaired) electrons. The van der Waals surface area contributed by atoms with E-state index in [0.717, 1.165) is 0 Å². The van der Waals surface area contributed by atoms with Crippen molar-refractivity contribution in [3.63, 3.8) is 0 Å². The average Bonchev–Trinajstić information content (AvgIpc) is 3.40. The van der Waals surface area contributed by atoms with Crippen LogP contribution in [-0.2, 0) is 0 Å². The summed E-state index contributed by atoms with van der Waals surface area (Å²) in [5.41, 5.74) is 14.6. The van der Waals surface area contributed by atoms with Crippen LogP contribution in [0, 0.1) is 0 Å². The minimum atomic E-state index is 1.18. The third-order valence-electron chi connectivity index (χ3n) is 13.8. The van der Waals surface area contributed by atoms with E-state index in [4.69, 9.17) is 0 Å². The Kier molecular flexibility index (Phi) is 8.96. The molecule has 0 unspecified atom stereocenters. The van der Waals surface area contributed by atoms with Crippen LogP contribution in [0.3, 0.4) is 0 Å². The highest BCUT2D eigenvalue weighted by atomic mass is 14.2. The van der Waals surface area contributed by atoms with Gasteiger partial charge >= 0.3 is 0 Å². The monoisotopic (exact) mass is 834 g/mol. The molecule has 0 heterocycles. The van der Waals surface area contributed by atoms with E-state index >= 15 is 0 Å². The van der Waals surface area contributed by atoms with Crippen molar-refractivity contribution in [2.45, 2.75) is 0 Å². The van der Waals surface area contributed by atoms with Crippen molar-refractivity contribution in [2.24, 2.45) is 0 Å². The highest BCUT2D eigenvalue weighted by molar-refractivity contribution is 6.23. The molecule has 0 nitrogen and oxygen atoms in total. The lowest BCUT2D eigenvalue weighted by atomic mass is 9.82.